The van der Waals surface area contributed by atoms with E-state index >= 15 is 0 Å². The molecule has 0 amide bonds. The maximum absolute atomic E-state index is 12.9. The Hall–Kier alpha value is -3.28. The molecule has 1 aromatic heterocycles. The van der Waals surface area contributed by atoms with E-state index in [2.05, 4.69) is 0 Å². The number of carboxylic acid groups (broad SMARTS) is 1. The summed E-state index contributed by atoms with van der Waals surface area (Å²) in [5, 5.41) is 9.47. The molecular formula is C20H18O6. The molecule has 3 aromatic rings. The van der Waals surface area contributed by atoms with Crippen LogP contribution in [-0.2, 0) is 4.79 Å². The molecule has 1 N–H and O–H groups in total. The minimum Gasteiger partial charge on any atom is -0.497 e. The normalized spacial score (nSPS) is 12.0. The minimum absolute atomic E-state index is 0.124. The summed E-state index contributed by atoms with van der Waals surface area (Å²) >= 11 is 0. The number of carboxylic acids is 1. The summed E-state index contributed by atoms with van der Waals surface area (Å²) in [5.74, 6) is -0.464. The van der Waals surface area contributed by atoms with Crippen LogP contribution >= 0.6 is 0 Å². The fourth-order valence-electron chi connectivity index (χ4n) is 2.55. The lowest BCUT2D eigenvalue weighted by atomic mass is 10.1. The number of hydrogen-bond acceptors (Lipinski definition) is 5. The van der Waals surface area contributed by atoms with Gasteiger partial charge < -0.3 is 19.0 Å². The van der Waals surface area contributed by atoms with Gasteiger partial charge >= 0.3 is 5.97 Å². The number of fused-ring (bicyclic) bond motifs is 1. The molecule has 0 spiro atoms. The van der Waals surface area contributed by atoms with E-state index in [1.165, 1.54) is 6.92 Å². The molecule has 26 heavy (non-hydrogen) atoms. The summed E-state index contributed by atoms with van der Waals surface area (Å²) in [4.78, 5) is 24.1. The lowest BCUT2D eigenvalue weighted by molar-refractivity contribution is -0.144. The van der Waals surface area contributed by atoms with E-state index in [4.69, 9.17) is 19.0 Å². The molecule has 134 valence electrons. The second kappa shape index (κ2) is 6.92. The van der Waals surface area contributed by atoms with Gasteiger partial charge in [-0.15, -0.1) is 0 Å². The Morgan fingerprint density at radius 1 is 1.15 bits per heavy atom. The predicted octanol–water partition coefficient (Wildman–Crippen LogP) is 3.63. The van der Waals surface area contributed by atoms with Crippen molar-refractivity contribution in [2.75, 3.05) is 7.11 Å². The van der Waals surface area contributed by atoms with Crippen molar-refractivity contribution in [1.29, 1.82) is 0 Å². The van der Waals surface area contributed by atoms with Gasteiger partial charge in [-0.25, -0.2) is 4.79 Å². The summed E-state index contributed by atoms with van der Waals surface area (Å²) in [6, 6.07) is 12.1. The van der Waals surface area contributed by atoms with Gasteiger partial charge in [0.15, 0.2) is 11.9 Å². The first-order valence-electron chi connectivity index (χ1n) is 8.02. The monoisotopic (exact) mass is 354 g/mol. The largest absolute Gasteiger partial charge is 0.497 e. The zero-order valence-electron chi connectivity index (χ0n) is 14.6. The molecular weight excluding hydrogens is 336 g/mol. The number of aliphatic carboxylic acids is 1. The fourth-order valence-corrected chi connectivity index (χ4v) is 2.55. The van der Waals surface area contributed by atoms with Crippen LogP contribution in [0.3, 0.4) is 0 Å². The quantitative estimate of drug-likeness (QED) is 0.753. The van der Waals surface area contributed by atoms with E-state index in [-0.39, 0.29) is 11.5 Å². The Morgan fingerprint density at radius 2 is 1.85 bits per heavy atom. The van der Waals surface area contributed by atoms with Crippen LogP contribution in [0.25, 0.3) is 22.3 Å². The maximum atomic E-state index is 12.9. The molecule has 3 rings (SSSR count). The van der Waals surface area contributed by atoms with Gasteiger partial charge in [0.25, 0.3) is 0 Å². The van der Waals surface area contributed by atoms with Gasteiger partial charge in [-0.1, -0.05) is 6.07 Å². The summed E-state index contributed by atoms with van der Waals surface area (Å²) in [5.41, 5.74) is 1.52. The second-order valence-corrected chi connectivity index (χ2v) is 5.92. The molecule has 1 atom stereocenters. The minimum atomic E-state index is -1.20. The summed E-state index contributed by atoms with van der Waals surface area (Å²) in [6.07, 6.45) is -1.20. The highest BCUT2D eigenvalue weighted by Crippen LogP contribution is 2.32. The molecule has 0 aliphatic carbocycles. The van der Waals surface area contributed by atoms with Crippen molar-refractivity contribution in [3.63, 3.8) is 0 Å². The van der Waals surface area contributed by atoms with Gasteiger partial charge in [-0.3, -0.25) is 4.79 Å². The standard InChI is InChI=1S/C20H18O6/c1-11-4-9-15-16(10-11)26-18(13-5-7-14(24-3)8-6-13)19(17(15)21)25-12(2)20(22)23/h4-10,12H,1-3H3,(H,22,23)/t12-/m0/s1. The first-order chi connectivity index (χ1) is 12.4. The van der Waals surface area contributed by atoms with Gasteiger partial charge in [0.2, 0.25) is 11.2 Å². The van der Waals surface area contributed by atoms with Gasteiger partial charge in [-0.2, -0.15) is 0 Å². The zero-order chi connectivity index (χ0) is 18.8. The summed E-state index contributed by atoms with van der Waals surface area (Å²) in [6.45, 7) is 3.25. The first kappa shape index (κ1) is 17.5. The zero-order valence-corrected chi connectivity index (χ0v) is 14.6. The third-order valence-electron chi connectivity index (χ3n) is 4.00. The van der Waals surface area contributed by atoms with Crippen LogP contribution in [0.5, 0.6) is 11.5 Å². The average molecular weight is 354 g/mol. The highest BCUT2D eigenvalue weighted by Gasteiger charge is 2.22. The molecule has 0 fully saturated rings. The SMILES string of the molecule is COc1ccc(-c2oc3cc(C)ccc3c(=O)c2O[C@@H](C)C(=O)O)cc1. The van der Waals surface area contributed by atoms with E-state index in [1.54, 1.807) is 49.6 Å². The van der Waals surface area contributed by atoms with Crippen LogP contribution in [0.15, 0.2) is 51.7 Å². The Bertz CT molecular complexity index is 1020. The fraction of sp³-hybridized carbons (Fsp3) is 0.200. The van der Waals surface area contributed by atoms with E-state index < -0.39 is 17.5 Å². The Morgan fingerprint density at radius 3 is 2.46 bits per heavy atom. The Balaban J connectivity index is 2.25. The topological polar surface area (TPSA) is 86.0 Å². The van der Waals surface area contributed by atoms with Gasteiger partial charge in [0.1, 0.15) is 11.3 Å². The highest BCUT2D eigenvalue weighted by atomic mass is 16.5. The molecule has 0 aliphatic heterocycles. The number of ether oxygens (including phenoxy) is 2. The van der Waals surface area contributed by atoms with Crippen molar-refractivity contribution in [2.24, 2.45) is 0 Å². The molecule has 2 aromatic carbocycles. The lowest BCUT2D eigenvalue weighted by Gasteiger charge is -2.14. The number of methoxy groups -OCH3 is 1. The van der Waals surface area contributed by atoms with Crippen LogP contribution in [0, 0.1) is 6.92 Å². The molecule has 6 nitrogen and oxygen atoms in total. The molecule has 0 saturated heterocycles. The molecule has 0 saturated carbocycles. The van der Waals surface area contributed by atoms with Crippen molar-refractivity contribution in [1.82, 2.24) is 0 Å². The molecule has 0 aliphatic rings. The Kier molecular flexibility index (Phi) is 4.67. The number of benzene rings is 2. The highest BCUT2D eigenvalue weighted by molar-refractivity contribution is 5.83. The number of aryl methyl sites for hydroxylation is 1. The average Bonchev–Trinajstić information content (AvgIpc) is 2.63. The predicted molar refractivity (Wildman–Crippen MR) is 96.9 cm³/mol. The summed E-state index contributed by atoms with van der Waals surface area (Å²) in [7, 11) is 1.55. The van der Waals surface area contributed by atoms with Crippen LogP contribution in [0.1, 0.15) is 12.5 Å². The maximum Gasteiger partial charge on any atom is 0.344 e. The lowest BCUT2D eigenvalue weighted by Crippen LogP contribution is -2.26. The molecule has 0 radical (unpaired) electrons. The molecule has 1 heterocycles. The smallest absolute Gasteiger partial charge is 0.344 e. The Labute approximate surface area is 149 Å². The van der Waals surface area contributed by atoms with E-state index in [1.807, 2.05) is 6.92 Å². The van der Waals surface area contributed by atoms with Crippen molar-refractivity contribution < 1.29 is 23.8 Å². The second-order valence-electron chi connectivity index (χ2n) is 5.92. The van der Waals surface area contributed by atoms with Crippen LogP contribution in [0.2, 0.25) is 0 Å². The van der Waals surface area contributed by atoms with Gasteiger partial charge in [0.05, 0.1) is 12.5 Å². The van der Waals surface area contributed by atoms with E-state index in [9.17, 15) is 9.59 Å². The summed E-state index contributed by atoms with van der Waals surface area (Å²) < 4.78 is 16.5. The van der Waals surface area contributed by atoms with Crippen LogP contribution in [0.4, 0.5) is 0 Å². The number of rotatable bonds is 5. The van der Waals surface area contributed by atoms with Crippen LogP contribution < -0.4 is 14.9 Å². The first-order valence-corrected chi connectivity index (χ1v) is 8.02. The molecule has 0 bridgehead atoms. The van der Waals surface area contributed by atoms with Crippen molar-refractivity contribution in [3.8, 4) is 22.8 Å². The van der Waals surface area contributed by atoms with Crippen molar-refractivity contribution in [2.45, 2.75) is 20.0 Å². The third kappa shape index (κ3) is 3.26. The van der Waals surface area contributed by atoms with E-state index in [0.29, 0.717) is 22.3 Å². The van der Waals surface area contributed by atoms with Crippen molar-refractivity contribution in [3.05, 3.63) is 58.3 Å². The third-order valence-corrected chi connectivity index (χ3v) is 4.00. The van der Waals surface area contributed by atoms with E-state index in [0.717, 1.165) is 5.56 Å². The number of hydrogen-bond donors (Lipinski definition) is 1. The number of carbonyl (C=O) groups is 1. The van der Waals surface area contributed by atoms with Gasteiger partial charge in [-0.05, 0) is 55.8 Å². The van der Waals surface area contributed by atoms with Crippen molar-refractivity contribution >= 4 is 16.9 Å². The molecule has 6 heteroatoms. The van der Waals surface area contributed by atoms with Crippen LogP contribution in [-0.4, -0.2) is 24.3 Å². The van der Waals surface area contributed by atoms with Gasteiger partial charge in [0, 0.05) is 5.56 Å². The molecule has 0 unspecified atom stereocenters.